The molecule has 0 bridgehead atoms. The molecule has 0 fully saturated rings. The van der Waals surface area contributed by atoms with E-state index >= 15 is 0 Å². The first-order valence-corrected chi connectivity index (χ1v) is 7.78. The van der Waals surface area contributed by atoms with Crippen LogP contribution < -0.4 is 10.6 Å². The number of hydrogen-bond acceptors (Lipinski definition) is 4. The number of hydrogen-bond donors (Lipinski definition) is 2. The predicted molar refractivity (Wildman–Crippen MR) is 87.6 cm³/mol. The lowest BCUT2D eigenvalue weighted by Gasteiger charge is -2.12. The summed E-state index contributed by atoms with van der Waals surface area (Å²) in [6.07, 6.45) is 0.569. The van der Waals surface area contributed by atoms with Gasteiger partial charge < -0.3 is 10.1 Å². The second-order valence-corrected chi connectivity index (χ2v) is 5.68. The molecule has 0 unspecified atom stereocenters. The fourth-order valence-electron chi connectivity index (χ4n) is 1.57. The highest BCUT2D eigenvalue weighted by molar-refractivity contribution is 6.36. The van der Waals surface area contributed by atoms with Gasteiger partial charge >= 0.3 is 12.0 Å². The van der Waals surface area contributed by atoms with E-state index in [1.165, 1.54) is 0 Å². The van der Waals surface area contributed by atoms with Gasteiger partial charge in [0.15, 0.2) is 6.61 Å². The maximum absolute atomic E-state index is 11.7. The van der Waals surface area contributed by atoms with Crippen LogP contribution >= 0.6 is 23.2 Å². The molecule has 0 saturated heterocycles. The third-order valence-corrected chi connectivity index (χ3v) is 3.70. The van der Waals surface area contributed by atoms with Gasteiger partial charge in [-0.2, -0.15) is 0 Å². The molecule has 1 rings (SSSR count). The molecule has 6 nitrogen and oxygen atoms in total. The zero-order valence-electron chi connectivity index (χ0n) is 12.8. The first-order chi connectivity index (χ1) is 10.8. The molecule has 0 heterocycles. The van der Waals surface area contributed by atoms with E-state index in [1.807, 2.05) is 6.92 Å². The van der Waals surface area contributed by atoms with E-state index in [0.717, 1.165) is 6.42 Å². The van der Waals surface area contributed by atoms with Crippen LogP contribution in [0.3, 0.4) is 0 Å². The van der Waals surface area contributed by atoms with Crippen molar-refractivity contribution in [3.8, 4) is 0 Å². The Morgan fingerprint density at radius 3 is 2.39 bits per heavy atom. The van der Waals surface area contributed by atoms with Crippen LogP contribution in [0.4, 0.5) is 4.79 Å². The number of benzene rings is 1. The molecule has 0 aliphatic heterocycles. The first-order valence-electron chi connectivity index (χ1n) is 7.02. The lowest BCUT2D eigenvalue weighted by Crippen LogP contribution is -2.44. The van der Waals surface area contributed by atoms with Crippen molar-refractivity contribution in [3.63, 3.8) is 0 Å². The average molecular weight is 361 g/mol. The van der Waals surface area contributed by atoms with E-state index in [9.17, 15) is 14.4 Å². The monoisotopic (exact) mass is 360 g/mol. The maximum Gasteiger partial charge on any atom is 0.321 e. The van der Waals surface area contributed by atoms with Crippen molar-refractivity contribution in [2.45, 2.75) is 32.7 Å². The quantitative estimate of drug-likeness (QED) is 0.763. The summed E-state index contributed by atoms with van der Waals surface area (Å²) in [6.45, 7) is 3.14. The fourth-order valence-corrected chi connectivity index (χ4v) is 2.10. The van der Waals surface area contributed by atoms with Crippen molar-refractivity contribution in [1.29, 1.82) is 0 Å². The largest absolute Gasteiger partial charge is 0.455 e. The normalized spacial score (nSPS) is 11.5. The Kier molecular flexibility index (Phi) is 7.85. The minimum absolute atomic E-state index is 0.0623. The summed E-state index contributed by atoms with van der Waals surface area (Å²) in [5, 5.41) is 5.30. The van der Waals surface area contributed by atoms with Gasteiger partial charge in [0.1, 0.15) is 0 Å². The SMILES string of the molecule is CC[C@@H](C)NC(=O)NC(=O)COC(=O)Cc1c(Cl)cccc1Cl. The van der Waals surface area contributed by atoms with Gasteiger partial charge in [0.25, 0.3) is 5.91 Å². The Balaban J connectivity index is 2.41. The molecule has 2 N–H and O–H groups in total. The molecule has 23 heavy (non-hydrogen) atoms. The number of imide groups is 1. The highest BCUT2D eigenvalue weighted by Gasteiger charge is 2.15. The van der Waals surface area contributed by atoms with Gasteiger partial charge in [0, 0.05) is 21.7 Å². The lowest BCUT2D eigenvalue weighted by atomic mass is 10.1. The number of amides is 3. The van der Waals surface area contributed by atoms with E-state index in [1.54, 1.807) is 25.1 Å². The van der Waals surface area contributed by atoms with Gasteiger partial charge in [0.05, 0.1) is 6.42 Å². The van der Waals surface area contributed by atoms with Crippen LogP contribution in [-0.2, 0) is 20.7 Å². The molecule has 0 radical (unpaired) electrons. The van der Waals surface area contributed by atoms with E-state index in [2.05, 4.69) is 10.6 Å². The van der Waals surface area contributed by atoms with E-state index < -0.39 is 24.5 Å². The molecule has 8 heteroatoms. The minimum atomic E-state index is -0.718. The van der Waals surface area contributed by atoms with Crippen molar-refractivity contribution in [2.75, 3.05) is 6.61 Å². The number of carbonyl (C=O) groups is 3. The number of urea groups is 1. The summed E-state index contributed by atoms with van der Waals surface area (Å²) in [4.78, 5) is 34.7. The molecule has 1 aromatic carbocycles. The molecule has 1 atom stereocenters. The van der Waals surface area contributed by atoms with Crippen molar-refractivity contribution in [3.05, 3.63) is 33.8 Å². The summed E-state index contributed by atoms with van der Waals surface area (Å²) in [7, 11) is 0. The van der Waals surface area contributed by atoms with Gasteiger partial charge in [-0.3, -0.25) is 14.9 Å². The molecule has 0 aliphatic rings. The topological polar surface area (TPSA) is 84.5 Å². The molecule has 1 aromatic rings. The van der Waals surface area contributed by atoms with Crippen LogP contribution in [0.5, 0.6) is 0 Å². The first kappa shape index (κ1) is 19.3. The smallest absolute Gasteiger partial charge is 0.321 e. The third-order valence-electron chi connectivity index (χ3n) is 2.99. The van der Waals surface area contributed by atoms with E-state index in [-0.39, 0.29) is 12.5 Å². The van der Waals surface area contributed by atoms with Crippen LogP contribution in [-0.4, -0.2) is 30.6 Å². The van der Waals surface area contributed by atoms with Crippen LogP contribution in [0.25, 0.3) is 0 Å². The van der Waals surface area contributed by atoms with E-state index in [4.69, 9.17) is 27.9 Å². The highest BCUT2D eigenvalue weighted by atomic mass is 35.5. The number of rotatable bonds is 6. The van der Waals surface area contributed by atoms with Gasteiger partial charge in [0.2, 0.25) is 0 Å². The number of halogens is 2. The Morgan fingerprint density at radius 2 is 1.83 bits per heavy atom. The number of carbonyl (C=O) groups excluding carboxylic acids is 3. The van der Waals surface area contributed by atoms with Crippen molar-refractivity contribution in [2.24, 2.45) is 0 Å². The van der Waals surface area contributed by atoms with Crippen LogP contribution in [0.2, 0.25) is 10.0 Å². The third kappa shape index (κ3) is 6.88. The molecule has 0 saturated carbocycles. The molecular weight excluding hydrogens is 343 g/mol. The number of esters is 1. The Bertz CT molecular complexity index is 573. The van der Waals surface area contributed by atoms with Gasteiger partial charge in [-0.25, -0.2) is 4.79 Å². The molecular formula is C15H18Cl2N2O4. The van der Waals surface area contributed by atoms with Gasteiger partial charge in [-0.05, 0) is 25.5 Å². The molecule has 0 aromatic heterocycles. The number of ether oxygens (including phenoxy) is 1. The Labute approximate surface area is 144 Å². The highest BCUT2D eigenvalue weighted by Crippen LogP contribution is 2.24. The van der Waals surface area contributed by atoms with E-state index in [0.29, 0.717) is 15.6 Å². The van der Waals surface area contributed by atoms with Crippen LogP contribution in [0.1, 0.15) is 25.8 Å². The van der Waals surface area contributed by atoms with Crippen LogP contribution in [0.15, 0.2) is 18.2 Å². The second-order valence-electron chi connectivity index (χ2n) is 4.87. The molecule has 3 amide bonds. The van der Waals surface area contributed by atoms with Crippen molar-refractivity contribution < 1.29 is 19.1 Å². The Hall–Kier alpha value is -1.79. The fraction of sp³-hybridized carbons (Fsp3) is 0.400. The zero-order chi connectivity index (χ0) is 17.4. The summed E-state index contributed by atoms with van der Waals surface area (Å²) >= 11 is 11.9. The standard InChI is InChI=1S/C15H18Cl2N2O4/c1-3-9(2)18-15(22)19-13(20)8-23-14(21)7-10-11(16)5-4-6-12(10)17/h4-6,9H,3,7-8H2,1-2H3,(H2,18,19,20,22)/t9-/m1/s1. The zero-order valence-corrected chi connectivity index (χ0v) is 14.3. The predicted octanol–water partition coefficient (Wildman–Crippen LogP) is 2.70. The summed E-state index contributed by atoms with van der Waals surface area (Å²) in [5.41, 5.74) is 0.427. The second kappa shape index (κ2) is 9.37. The molecule has 0 aliphatic carbocycles. The molecule has 126 valence electrons. The summed E-state index contributed by atoms with van der Waals surface area (Å²) in [5.74, 6) is -1.39. The summed E-state index contributed by atoms with van der Waals surface area (Å²) in [6, 6.07) is 4.16. The van der Waals surface area contributed by atoms with Crippen molar-refractivity contribution in [1.82, 2.24) is 10.6 Å². The molecule has 0 spiro atoms. The summed E-state index contributed by atoms with van der Waals surface area (Å²) < 4.78 is 4.80. The lowest BCUT2D eigenvalue weighted by molar-refractivity contribution is -0.147. The number of nitrogens with one attached hydrogen (secondary N) is 2. The van der Waals surface area contributed by atoms with Crippen molar-refractivity contribution >= 4 is 41.1 Å². The van der Waals surface area contributed by atoms with Gasteiger partial charge in [-0.15, -0.1) is 0 Å². The maximum atomic E-state index is 11.7. The van der Waals surface area contributed by atoms with Crippen LogP contribution in [0, 0.1) is 0 Å². The van der Waals surface area contributed by atoms with Gasteiger partial charge in [-0.1, -0.05) is 36.2 Å². The average Bonchev–Trinajstić information content (AvgIpc) is 2.48. The Morgan fingerprint density at radius 1 is 1.22 bits per heavy atom. The minimum Gasteiger partial charge on any atom is -0.455 e.